The molecule has 7 nitrogen and oxygen atoms in total. The van der Waals surface area contributed by atoms with E-state index >= 15 is 0 Å². The summed E-state index contributed by atoms with van der Waals surface area (Å²) in [5.74, 6) is -0.585. The molecule has 1 aromatic carbocycles. The zero-order valence-electron chi connectivity index (χ0n) is 19.9. The lowest BCUT2D eigenvalue weighted by molar-refractivity contribution is -0.150. The quantitative estimate of drug-likeness (QED) is 0.274. The number of benzene rings is 1. The Morgan fingerprint density at radius 3 is 2.42 bits per heavy atom. The van der Waals surface area contributed by atoms with Crippen LogP contribution in [0.1, 0.15) is 29.3 Å². The number of alkyl halides is 7. The van der Waals surface area contributed by atoms with Crippen LogP contribution >= 0.6 is 0 Å². The van der Waals surface area contributed by atoms with Gasteiger partial charge in [0.15, 0.2) is 0 Å². The van der Waals surface area contributed by atoms with Crippen molar-refractivity contribution in [2.75, 3.05) is 44.7 Å². The second-order valence-electron chi connectivity index (χ2n) is 9.20. The minimum absolute atomic E-state index is 0.0331. The van der Waals surface area contributed by atoms with Crippen molar-refractivity contribution in [3.05, 3.63) is 53.3 Å². The molecule has 0 saturated carbocycles. The second-order valence-corrected chi connectivity index (χ2v) is 10.7. The zero-order valence-corrected chi connectivity index (χ0v) is 20.7. The van der Waals surface area contributed by atoms with Crippen molar-refractivity contribution in [1.29, 1.82) is 0 Å². The highest BCUT2D eigenvalue weighted by Crippen LogP contribution is 2.38. The van der Waals surface area contributed by atoms with Gasteiger partial charge in [0, 0.05) is 26.2 Å². The first kappa shape index (κ1) is 28.4. The maximum absolute atomic E-state index is 13.3. The second kappa shape index (κ2) is 10.8. The molecule has 1 atom stereocenters. The van der Waals surface area contributed by atoms with Crippen LogP contribution in [0.3, 0.4) is 0 Å². The first-order valence-electron chi connectivity index (χ1n) is 11.7. The van der Waals surface area contributed by atoms with Crippen LogP contribution in [0.15, 0.2) is 36.5 Å². The van der Waals surface area contributed by atoms with Gasteiger partial charge in [0.1, 0.15) is 5.75 Å². The molecule has 1 aromatic heterocycles. The van der Waals surface area contributed by atoms with Crippen LogP contribution in [0, 0.1) is 0 Å². The fraction of sp³-hybridized carbons (Fsp3) is 0.522. The van der Waals surface area contributed by atoms with Gasteiger partial charge in [-0.15, -0.1) is 0 Å². The molecule has 0 amide bonds. The third-order valence-corrected chi connectivity index (χ3v) is 7.30. The van der Waals surface area contributed by atoms with Crippen LogP contribution in [0.4, 0.5) is 36.4 Å². The zero-order chi connectivity index (χ0) is 27.7. The minimum atomic E-state index is -5.90. The van der Waals surface area contributed by atoms with E-state index in [1.54, 1.807) is 12.1 Å². The van der Waals surface area contributed by atoms with Crippen molar-refractivity contribution in [3.63, 3.8) is 0 Å². The fourth-order valence-corrected chi connectivity index (χ4v) is 5.09. The van der Waals surface area contributed by atoms with Gasteiger partial charge in [-0.1, -0.05) is 6.07 Å². The number of aromatic nitrogens is 1. The van der Waals surface area contributed by atoms with Gasteiger partial charge in [-0.05, 0) is 48.2 Å². The predicted octanol–water partition coefficient (Wildman–Crippen LogP) is 4.28. The average Bonchev–Trinajstić information content (AvgIpc) is 2.79. The van der Waals surface area contributed by atoms with E-state index < -0.39 is 40.1 Å². The van der Waals surface area contributed by atoms with Crippen LogP contribution in [-0.2, 0) is 16.5 Å². The number of fused-ring (bicyclic) bond motifs is 1. The normalized spacial score (nSPS) is 19.6. The van der Waals surface area contributed by atoms with E-state index in [-0.39, 0.29) is 31.4 Å². The molecule has 1 fully saturated rings. The number of rotatable bonds is 9. The fourth-order valence-electron chi connectivity index (χ4n) is 4.64. The summed E-state index contributed by atoms with van der Waals surface area (Å²) >= 11 is 0. The summed E-state index contributed by atoms with van der Waals surface area (Å²) in [5, 5.41) is 3.27. The van der Waals surface area contributed by atoms with Crippen molar-refractivity contribution >= 4 is 15.8 Å². The molecule has 1 unspecified atom stereocenters. The van der Waals surface area contributed by atoms with Crippen molar-refractivity contribution in [2.24, 2.45) is 0 Å². The maximum Gasteiger partial charge on any atom is 0.534 e. The summed E-state index contributed by atoms with van der Waals surface area (Å²) in [6.07, 6.45) is -2.52. The highest BCUT2D eigenvalue weighted by Gasteiger charge is 2.48. The number of likely N-dealkylation sites (tertiary alicyclic amines) is 1. The molecular formula is C23H25F7N4O3S. The molecular weight excluding hydrogens is 545 g/mol. The topological polar surface area (TPSA) is 74.8 Å². The molecule has 0 radical (unpaired) electrons. The van der Waals surface area contributed by atoms with E-state index in [9.17, 15) is 39.2 Å². The van der Waals surface area contributed by atoms with Gasteiger partial charge >= 0.3 is 21.8 Å². The summed E-state index contributed by atoms with van der Waals surface area (Å²) in [6.45, 7) is 0.409. The molecule has 0 spiro atoms. The number of hydrogen-bond acceptors (Lipinski definition) is 7. The molecule has 2 aliphatic heterocycles. The Morgan fingerprint density at radius 2 is 1.82 bits per heavy atom. The number of pyridine rings is 1. The summed E-state index contributed by atoms with van der Waals surface area (Å²) in [6, 6.07) is 5.75. The van der Waals surface area contributed by atoms with E-state index in [1.165, 1.54) is 17.2 Å². The monoisotopic (exact) mass is 570 g/mol. The van der Waals surface area contributed by atoms with E-state index in [0.717, 1.165) is 25.2 Å². The Kier molecular flexibility index (Phi) is 8.09. The molecule has 15 heteroatoms. The summed E-state index contributed by atoms with van der Waals surface area (Å²) in [4.78, 5) is 7.62. The molecule has 3 heterocycles. The summed E-state index contributed by atoms with van der Waals surface area (Å²) in [5.41, 5.74) is -3.97. The molecule has 0 bridgehead atoms. The number of anilines is 1. The van der Waals surface area contributed by atoms with Crippen LogP contribution in [-0.4, -0.2) is 80.3 Å². The van der Waals surface area contributed by atoms with Crippen molar-refractivity contribution in [3.8, 4) is 5.75 Å². The summed E-state index contributed by atoms with van der Waals surface area (Å²) < 4.78 is 117. The van der Waals surface area contributed by atoms with Crippen LogP contribution < -0.4 is 9.50 Å². The lowest BCUT2D eigenvalue weighted by atomic mass is 9.90. The lowest BCUT2D eigenvalue weighted by Crippen LogP contribution is -2.54. The van der Waals surface area contributed by atoms with Crippen molar-refractivity contribution in [2.45, 2.75) is 36.6 Å². The number of hydrogen-bond donors (Lipinski definition) is 1. The van der Waals surface area contributed by atoms with E-state index in [0.29, 0.717) is 29.8 Å². The predicted molar refractivity (Wildman–Crippen MR) is 124 cm³/mol. The van der Waals surface area contributed by atoms with Gasteiger partial charge in [0.2, 0.25) is 0 Å². The Balaban J connectivity index is 1.55. The van der Waals surface area contributed by atoms with Gasteiger partial charge < -0.3 is 9.50 Å². The number of nitrogens with zero attached hydrogens (tertiary/aromatic N) is 3. The van der Waals surface area contributed by atoms with Crippen molar-refractivity contribution in [1.82, 2.24) is 14.8 Å². The Bertz CT molecular complexity index is 1220. The van der Waals surface area contributed by atoms with E-state index in [1.807, 2.05) is 0 Å². The smallest absolute Gasteiger partial charge is 0.378 e. The first-order chi connectivity index (χ1) is 17.8. The molecule has 2 aromatic rings. The SMILES string of the molecule is O=S(=O)(Oc1ccc2c(c1)CCN(CC(F)(F)F)C2c1ccc(NC2CN(CCCF)C2)cn1)C(F)(F)F. The first-order valence-corrected chi connectivity index (χ1v) is 13.1. The van der Waals surface area contributed by atoms with E-state index in [2.05, 4.69) is 19.4 Å². The lowest BCUT2D eigenvalue weighted by Gasteiger charge is -2.40. The highest BCUT2D eigenvalue weighted by molar-refractivity contribution is 7.88. The van der Waals surface area contributed by atoms with Crippen LogP contribution in [0.5, 0.6) is 5.75 Å². The van der Waals surface area contributed by atoms with Crippen LogP contribution in [0.2, 0.25) is 0 Å². The van der Waals surface area contributed by atoms with Crippen LogP contribution in [0.25, 0.3) is 0 Å². The number of halogens is 7. The largest absolute Gasteiger partial charge is 0.534 e. The molecule has 210 valence electrons. The van der Waals surface area contributed by atoms with Gasteiger partial charge in [-0.25, -0.2) is 0 Å². The molecule has 38 heavy (non-hydrogen) atoms. The van der Waals surface area contributed by atoms with Gasteiger partial charge in [0.25, 0.3) is 0 Å². The minimum Gasteiger partial charge on any atom is -0.378 e. The Morgan fingerprint density at radius 1 is 1.08 bits per heavy atom. The molecule has 1 saturated heterocycles. The van der Waals surface area contributed by atoms with Gasteiger partial charge in [-0.3, -0.25) is 19.2 Å². The third-order valence-electron chi connectivity index (χ3n) is 6.32. The van der Waals surface area contributed by atoms with Gasteiger partial charge in [-0.2, -0.15) is 34.8 Å². The third kappa shape index (κ3) is 6.67. The Labute approximate surface area is 214 Å². The average molecular weight is 571 g/mol. The molecule has 4 rings (SSSR count). The van der Waals surface area contributed by atoms with Gasteiger partial charge in [0.05, 0.1) is 42.9 Å². The number of nitrogens with one attached hydrogen (secondary N) is 1. The highest BCUT2D eigenvalue weighted by atomic mass is 32.2. The van der Waals surface area contributed by atoms with Crippen molar-refractivity contribution < 1.29 is 43.3 Å². The maximum atomic E-state index is 13.3. The standard InChI is InChI=1S/C23H25F7N4O3S/c24-7-1-8-33-12-17(13-33)32-16-2-5-20(31-11-16)21-19-4-3-18(37-38(35,36)23(28,29)30)10-15(19)6-9-34(21)14-22(25,26)27/h2-5,10-11,17,21,32H,1,6-9,12-14H2. The Hall–Kier alpha value is -2.65. The summed E-state index contributed by atoms with van der Waals surface area (Å²) in [7, 11) is -5.90. The molecule has 1 N–H and O–H groups in total. The molecule has 0 aliphatic carbocycles. The molecule has 2 aliphatic rings. The van der Waals surface area contributed by atoms with E-state index in [4.69, 9.17) is 0 Å².